The number of ether oxygens (including phenoxy) is 2. The SMILES string of the molecule is COc1cc(Cl)c(/C=C(\C#N)Sc2nc3ccccc3s2)cc1OC. The van der Waals surface area contributed by atoms with Crippen LogP contribution in [0.4, 0.5) is 0 Å². The molecule has 0 aliphatic heterocycles. The molecule has 0 bridgehead atoms. The van der Waals surface area contributed by atoms with E-state index in [-0.39, 0.29) is 0 Å². The van der Waals surface area contributed by atoms with Crippen LogP contribution in [0, 0.1) is 11.3 Å². The summed E-state index contributed by atoms with van der Waals surface area (Å²) in [7, 11) is 3.10. The highest BCUT2D eigenvalue weighted by Crippen LogP contribution is 2.37. The molecule has 0 spiro atoms. The molecule has 2 aromatic carbocycles. The summed E-state index contributed by atoms with van der Waals surface area (Å²) < 4.78 is 12.4. The molecular formula is C18H13ClN2O2S2. The van der Waals surface area contributed by atoms with Crippen LogP contribution in [0.15, 0.2) is 45.6 Å². The molecule has 0 saturated heterocycles. The average molecular weight is 389 g/mol. The highest BCUT2D eigenvalue weighted by Gasteiger charge is 2.11. The van der Waals surface area contributed by atoms with Gasteiger partial charge in [-0.25, -0.2) is 4.98 Å². The lowest BCUT2D eigenvalue weighted by molar-refractivity contribution is 0.355. The van der Waals surface area contributed by atoms with E-state index in [1.54, 1.807) is 43.8 Å². The molecule has 0 N–H and O–H groups in total. The van der Waals surface area contributed by atoms with Gasteiger partial charge < -0.3 is 9.47 Å². The molecule has 0 aliphatic carbocycles. The zero-order valence-electron chi connectivity index (χ0n) is 13.4. The molecule has 1 aromatic heterocycles. The van der Waals surface area contributed by atoms with E-state index >= 15 is 0 Å². The van der Waals surface area contributed by atoms with Gasteiger partial charge in [-0.2, -0.15) is 5.26 Å². The van der Waals surface area contributed by atoms with Crippen LogP contribution in [-0.4, -0.2) is 19.2 Å². The van der Waals surface area contributed by atoms with Crippen molar-refractivity contribution in [2.24, 2.45) is 0 Å². The number of fused-ring (bicyclic) bond motifs is 1. The van der Waals surface area contributed by atoms with Crippen molar-refractivity contribution in [3.05, 3.63) is 51.9 Å². The summed E-state index contributed by atoms with van der Waals surface area (Å²) in [5.74, 6) is 1.10. The lowest BCUT2D eigenvalue weighted by Crippen LogP contribution is -1.91. The molecule has 0 aliphatic rings. The van der Waals surface area contributed by atoms with E-state index in [2.05, 4.69) is 11.1 Å². The third-order valence-corrected chi connectivity index (χ3v) is 5.72. The molecule has 3 aromatic rings. The van der Waals surface area contributed by atoms with Crippen molar-refractivity contribution in [2.75, 3.05) is 14.2 Å². The minimum Gasteiger partial charge on any atom is -0.493 e. The Balaban J connectivity index is 1.94. The van der Waals surface area contributed by atoms with Gasteiger partial charge in [0.25, 0.3) is 0 Å². The standard InChI is InChI=1S/C18H13ClN2O2S2/c1-22-15-8-11(13(19)9-16(15)23-2)7-12(10-20)24-18-21-14-5-3-4-6-17(14)25-18/h3-9H,1-2H3/b12-7+. The highest BCUT2D eigenvalue weighted by atomic mass is 35.5. The van der Waals surface area contributed by atoms with Crippen molar-refractivity contribution >= 4 is 51.0 Å². The second-order valence-electron chi connectivity index (χ2n) is 4.90. The fraction of sp³-hybridized carbons (Fsp3) is 0.111. The molecule has 0 unspecified atom stereocenters. The van der Waals surface area contributed by atoms with Gasteiger partial charge in [0.05, 0.1) is 34.4 Å². The van der Waals surface area contributed by atoms with Gasteiger partial charge in [-0.1, -0.05) is 23.7 Å². The fourth-order valence-electron chi connectivity index (χ4n) is 2.20. The summed E-state index contributed by atoms with van der Waals surface area (Å²) in [6.45, 7) is 0. The number of allylic oxidation sites excluding steroid dienone is 1. The summed E-state index contributed by atoms with van der Waals surface area (Å²) in [4.78, 5) is 5.03. The normalized spacial score (nSPS) is 11.4. The van der Waals surface area contributed by atoms with E-state index in [0.717, 1.165) is 14.6 Å². The molecular weight excluding hydrogens is 376 g/mol. The monoisotopic (exact) mass is 388 g/mol. The molecule has 1 heterocycles. The van der Waals surface area contributed by atoms with Crippen molar-refractivity contribution < 1.29 is 9.47 Å². The van der Waals surface area contributed by atoms with Crippen LogP contribution in [0.25, 0.3) is 16.3 Å². The number of thioether (sulfide) groups is 1. The maximum Gasteiger partial charge on any atom is 0.162 e. The van der Waals surface area contributed by atoms with E-state index in [0.29, 0.717) is 27.0 Å². The van der Waals surface area contributed by atoms with Crippen molar-refractivity contribution in [3.63, 3.8) is 0 Å². The Morgan fingerprint density at radius 1 is 1.24 bits per heavy atom. The third kappa shape index (κ3) is 3.90. The largest absolute Gasteiger partial charge is 0.493 e. The molecule has 3 rings (SSSR count). The molecule has 0 fully saturated rings. The number of thiazole rings is 1. The van der Waals surface area contributed by atoms with Crippen LogP contribution in [-0.2, 0) is 0 Å². The number of nitriles is 1. The van der Waals surface area contributed by atoms with E-state index in [1.165, 1.54) is 11.8 Å². The number of aromatic nitrogens is 1. The molecule has 0 radical (unpaired) electrons. The molecule has 25 heavy (non-hydrogen) atoms. The third-order valence-electron chi connectivity index (χ3n) is 3.37. The Bertz CT molecular complexity index is 959. The first-order valence-electron chi connectivity index (χ1n) is 7.21. The minimum absolute atomic E-state index is 0.482. The summed E-state index contributed by atoms with van der Waals surface area (Å²) in [5.41, 5.74) is 1.61. The fourth-order valence-corrected chi connectivity index (χ4v) is 4.37. The number of nitrogens with zero attached hydrogens (tertiary/aromatic N) is 2. The predicted molar refractivity (Wildman–Crippen MR) is 104 cm³/mol. The second-order valence-corrected chi connectivity index (χ2v) is 7.63. The van der Waals surface area contributed by atoms with Crippen molar-refractivity contribution in [1.82, 2.24) is 4.98 Å². The topological polar surface area (TPSA) is 55.1 Å². The first-order valence-corrected chi connectivity index (χ1v) is 9.22. The number of rotatable bonds is 5. The quantitative estimate of drug-likeness (QED) is 0.419. The van der Waals surface area contributed by atoms with Gasteiger partial charge in [-0.05, 0) is 41.6 Å². The number of methoxy groups -OCH3 is 2. The van der Waals surface area contributed by atoms with Crippen LogP contribution in [0.3, 0.4) is 0 Å². The first-order chi connectivity index (χ1) is 12.1. The molecule has 0 amide bonds. The molecule has 126 valence electrons. The van der Waals surface area contributed by atoms with Crippen LogP contribution < -0.4 is 9.47 Å². The zero-order valence-corrected chi connectivity index (χ0v) is 15.8. The highest BCUT2D eigenvalue weighted by molar-refractivity contribution is 8.05. The zero-order chi connectivity index (χ0) is 17.8. The predicted octanol–water partition coefficient (Wildman–Crippen LogP) is 5.62. The van der Waals surface area contributed by atoms with Gasteiger partial charge in [-0.3, -0.25) is 0 Å². The smallest absolute Gasteiger partial charge is 0.162 e. The van der Waals surface area contributed by atoms with Gasteiger partial charge in [0.2, 0.25) is 0 Å². The van der Waals surface area contributed by atoms with Gasteiger partial charge in [0, 0.05) is 6.07 Å². The minimum atomic E-state index is 0.482. The summed E-state index contributed by atoms with van der Waals surface area (Å²) >= 11 is 9.16. The Morgan fingerprint density at radius 2 is 1.96 bits per heavy atom. The van der Waals surface area contributed by atoms with E-state index in [4.69, 9.17) is 21.1 Å². The summed E-state index contributed by atoms with van der Waals surface area (Å²) in [5, 5.41) is 9.96. The van der Waals surface area contributed by atoms with E-state index < -0.39 is 0 Å². The Morgan fingerprint density at radius 3 is 2.64 bits per heavy atom. The molecule has 4 nitrogen and oxygen atoms in total. The maximum absolute atomic E-state index is 9.48. The number of halogens is 1. The van der Waals surface area contributed by atoms with E-state index in [9.17, 15) is 5.26 Å². The van der Waals surface area contributed by atoms with Crippen molar-refractivity contribution in [2.45, 2.75) is 4.34 Å². The van der Waals surface area contributed by atoms with Crippen molar-refractivity contribution in [3.8, 4) is 17.6 Å². The first kappa shape index (κ1) is 17.6. The lowest BCUT2D eigenvalue weighted by Gasteiger charge is -2.09. The summed E-state index contributed by atoms with van der Waals surface area (Å²) in [6.07, 6.45) is 1.72. The van der Waals surface area contributed by atoms with Gasteiger partial charge >= 0.3 is 0 Å². The second kappa shape index (κ2) is 7.79. The summed E-state index contributed by atoms with van der Waals surface area (Å²) in [6, 6.07) is 13.5. The number of hydrogen-bond donors (Lipinski definition) is 0. The average Bonchev–Trinajstić information content (AvgIpc) is 3.04. The van der Waals surface area contributed by atoms with Crippen molar-refractivity contribution in [1.29, 1.82) is 5.26 Å². The Labute approximate surface area is 158 Å². The van der Waals surface area contributed by atoms with E-state index in [1.807, 2.05) is 24.3 Å². The number of para-hydroxylation sites is 1. The maximum atomic E-state index is 9.48. The van der Waals surface area contributed by atoms with Crippen LogP contribution in [0.1, 0.15) is 5.56 Å². The number of benzene rings is 2. The van der Waals surface area contributed by atoms with Crippen LogP contribution in [0.5, 0.6) is 11.5 Å². The van der Waals surface area contributed by atoms with Gasteiger partial charge in [0.1, 0.15) is 6.07 Å². The number of hydrogen-bond acceptors (Lipinski definition) is 6. The lowest BCUT2D eigenvalue weighted by atomic mass is 10.2. The Hall–Kier alpha value is -2.20. The molecule has 0 saturated carbocycles. The van der Waals surface area contributed by atoms with Gasteiger partial charge in [-0.15, -0.1) is 11.3 Å². The van der Waals surface area contributed by atoms with Crippen LogP contribution in [0.2, 0.25) is 5.02 Å². The Kier molecular flexibility index (Phi) is 5.49. The molecule has 7 heteroatoms. The van der Waals surface area contributed by atoms with Crippen LogP contribution >= 0.6 is 34.7 Å². The van der Waals surface area contributed by atoms with Gasteiger partial charge in [0.15, 0.2) is 15.8 Å². The molecule has 0 atom stereocenters.